The van der Waals surface area contributed by atoms with Gasteiger partial charge in [-0.15, -0.1) is 6.58 Å². The highest BCUT2D eigenvalue weighted by molar-refractivity contribution is 6.09. The highest BCUT2D eigenvalue weighted by Crippen LogP contribution is 2.73. The monoisotopic (exact) mass is 336 g/mol. The zero-order valence-electron chi connectivity index (χ0n) is 14.1. The van der Waals surface area contributed by atoms with Crippen LogP contribution in [-0.2, 0) is 19.7 Å². The van der Waals surface area contributed by atoms with Gasteiger partial charge in [0.25, 0.3) is 0 Å². The summed E-state index contributed by atoms with van der Waals surface area (Å²) in [5.41, 5.74) is 0.422. The predicted molar refractivity (Wildman–Crippen MR) is 90.8 cm³/mol. The first-order valence-electron chi connectivity index (χ1n) is 9.02. The van der Waals surface area contributed by atoms with Gasteiger partial charge in [-0.1, -0.05) is 24.3 Å². The molecule has 2 aliphatic carbocycles. The van der Waals surface area contributed by atoms with Crippen molar-refractivity contribution in [3.05, 3.63) is 42.5 Å². The lowest BCUT2D eigenvalue weighted by Gasteiger charge is -2.53. The number of amides is 2. The Morgan fingerprint density at radius 1 is 1.36 bits per heavy atom. The van der Waals surface area contributed by atoms with Gasteiger partial charge in [-0.25, -0.2) is 0 Å². The molecule has 1 spiro atoms. The Bertz CT molecular complexity index is 866. The first-order valence-corrected chi connectivity index (χ1v) is 9.02. The Morgan fingerprint density at radius 2 is 2.16 bits per heavy atom. The second-order valence-corrected chi connectivity index (χ2v) is 8.22. The van der Waals surface area contributed by atoms with Crippen LogP contribution in [0.5, 0.6) is 0 Å². The summed E-state index contributed by atoms with van der Waals surface area (Å²) in [5.74, 6) is 0.560. The van der Waals surface area contributed by atoms with Gasteiger partial charge in [0.15, 0.2) is 0 Å². The molecule has 2 amide bonds. The molecule has 1 aromatic carbocycles. The largest absolute Gasteiger partial charge is 0.376 e. The molecule has 25 heavy (non-hydrogen) atoms. The molecule has 5 nitrogen and oxygen atoms in total. The van der Waals surface area contributed by atoms with E-state index in [2.05, 4.69) is 11.9 Å². The van der Waals surface area contributed by atoms with Crippen LogP contribution in [-0.4, -0.2) is 42.5 Å². The number of ether oxygens (including phenoxy) is 1. The third-order valence-corrected chi connectivity index (χ3v) is 7.85. The highest BCUT2D eigenvalue weighted by Gasteiger charge is 2.82. The van der Waals surface area contributed by atoms with Crippen LogP contribution in [0, 0.1) is 23.2 Å². The Labute approximate surface area is 146 Å². The van der Waals surface area contributed by atoms with Crippen LogP contribution in [0.1, 0.15) is 12.0 Å². The minimum atomic E-state index is -0.794. The molecule has 0 aromatic heterocycles. The number of nitrogens with one attached hydrogen (secondary N) is 1. The summed E-state index contributed by atoms with van der Waals surface area (Å²) < 4.78 is 6.26. The molecule has 5 heteroatoms. The molecule has 2 saturated carbocycles. The summed E-state index contributed by atoms with van der Waals surface area (Å²) in [6.07, 6.45) is 2.45. The number of nitrogens with zero attached hydrogens (tertiary/aromatic N) is 1. The molecule has 1 N–H and O–H groups in total. The average molecular weight is 336 g/mol. The smallest absolute Gasteiger partial charge is 0.238 e. The van der Waals surface area contributed by atoms with Gasteiger partial charge in [0.1, 0.15) is 5.41 Å². The predicted octanol–water partition coefficient (Wildman–Crippen LogP) is 1.55. The number of rotatable bonds is 1. The van der Waals surface area contributed by atoms with E-state index in [0.29, 0.717) is 12.5 Å². The van der Waals surface area contributed by atoms with Crippen LogP contribution < -0.4 is 5.32 Å². The number of carbonyl (C=O) groups is 2. The van der Waals surface area contributed by atoms with Gasteiger partial charge in [-0.3, -0.25) is 9.59 Å². The maximum atomic E-state index is 13.4. The summed E-state index contributed by atoms with van der Waals surface area (Å²) in [4.78, 5) is 28.5. The molecule has 2 saturated heterocycles. The van der Waals surface area contributed by atoms with Gasteiger partial charge in [0, 0.05) is 30.6 Å². The Kier molecular flexibility index (Phi) is 2.24. The van der Waals surface area contributed by atoms with Crippen molar-refractivity contribution < 1.29 is 14.3 Å². The second kappa shape index (κ2) is 3.98. The molecule has 128 valence electrons. The van der Waals surface area contributed by atoms with Crippen molar-refractivity contribution in [2.24, 2.45) is 23.2 Å². The van der Waals surface area contributed by atoms with Crippen molar-refractivity contribution in [3.63, 3.8) is 0 Å². The van der Waals surface area contributed by atoms with E-state index in [-0.39, 0.29) is 35.8 Å². The minimum Gasteiger partial charge on any atom is -0.376 e. The lowest BCUT2D eigenvalue weighted by atomic mass is 9.51. The number of fused-ring (bicyclic) bond motifs is 5. The molecule has 7 atom stereocenters. The number of hydrogen-bond donors (Lipinski definition) is 1. The zero-order chi connectivity index (χ0) is 17.1. The van der Waals surface area contributed by atoms with Gasteiger partial charge in [0.05, 0.1) is 18.1 Å². The molecule has 6 rings (SSSR count). The summed E-state index contributed by atoms with van der Waals surface area (Å²) in [6, 6.07) is 7.93. The molecule has 5 bridgehead atoms. The standard InChI is InChI=1S/C20H20N2O3/c1-3-19-12-8-14-20(11-6-4-5-7-13(11)21-17(20)23)16(19)15(10(12)9-25-14)22(2)18(19)24/h3-7,10,12,14-16H,1,8-9H2,2H3,(H,21,23)/t10-,12+,14+,15+,16-,19-,20-/m1/s1. The van der Waals surface area contributed by atoms with Gasteiger partial charge >= 0.3 is 0 Å². The molecule has 3 aliphatic heterocycles. The van der Waals surface area contributed by atoms with Crippen molar-refractivity contribution in [1.29, 1.82) is 0 Å². The lowest BCUT2D eigenvalue weighted by Crippen LogP contribution is -2.63. The topological polar surface area (TPSA) is 58.6 Å². The third-order valence-electron chi connectivity index (χ3n) is 7.85. The second-order valence-electron chi connectivity index (χ2n) is 8.22. The Balaban J connectivity index is 1.71. The number of benzene rings is 1. The van der Waals surface area contributed by atoms with Crippen molar-refractivity contribution in [3.8, 4) is 0 Å². The number of anilines is 1. The SMILES string of the molecule is C=C[C@@]12C(=O)N(C)[C@H]3[C@@H]4CO[C@@H](C[C@@H]41)[C@@]1(C(=O)Nc4ccccc41)[C@H]32. The van der Waals surface area contributed by atoms with E-state index >= 15 is 0 Å². The molecule has 5 aliphatic rings. The average Bonchev–Trinajstić information content (AvgIpc) is 3.08. The van der Waals surface area contributed by atoms with E-state index in [1.54, 1.807) is 0 Å². The minimum absolute atomic E-state index is 0.0102. The van der Waals surface area contributed by atoms with Gasteiger partial charge < -0.3 is 15.0 Å². The molecule has 1 aromatic rings. The fraction of sp³-hybridized carbons (Fsp3) is 0.500. The quantitative estimate of drug-likeness (QED) is 0.792. The fourth-order valence-corrected chi connectivity index (χ4v) is 7.17. The number of piperidine rings is 1. The molecule has 4 fully saturated rings. The maximum Gasteiger partial charge on any atom is 0.238 e. The Hall–Kier alpha value is -2.14. The van der Waals surface area contributed by atoms with Crippen LogP contribution in [0.3, 0.4) is 0 Å². The summed E-state index contributed by atoms with van der Waals surface area (Å²) in [6.45, 7) is 4.70. The summed E-state index contributed by atoms with van der Waals surface area (Å²) >= 11 is 0. The highest BCUT2D eigenvalue weighted by atomic mass is 16.5. The first-order chi connectivity index (χ1) is 12.1. The van der Waals surface area contributed by atoms with Gasteiger partial charge in [0.2, 0.25) is 11.8 Å². The molecular weight excluding hydrogens is 316 g/mol. The van der Waals surface area contributed by atoms with E-state index in [9.17, 15) is 9.59 Å². The lowest BCUT2D eigenvalue weighted by molar-refractivity contribution is -0.167. The number of para-hydroxylation sites is 1. The van der Waals surface area contributed by atoms with Crippen LogP contribution in [0.25, 0.3) is 0 Å². The van der Waals surface area contributed by atoms with E-state index in [1.807, 2.05) is 42.3 Å². The van der Waals surface area contributed by atoms with Crippen molar-refractivity contribution in [1.82, 2.24) is 4.90 Å². The van der Waals surface area contributed by atoms with Crippen molar-refractivity contribution in [2.45, 2.75) is 24.0 Å². The molecular formula is C20H20N2O3. The van der Waals surface area contributed by atoms with Gasteiger partial charge in [-0.05, 0) is 24.0 Å². The third kappa shape index (κ3) is 1.14. The molecule has 0 unspecified atom stereocenters. The van der Waals surface area contributed by atoms with E-state index in [4.69, 9.17) is 4.74 Å². The summed E-state index contributed by atoms with van der Waals surface area (Å²) in [5, 5.41) is 3.08. The van der Waals surface area contributed by atoms with Crippen LogP contribution in [0.15, 0.2) is 36.9 Å². The number of carbonyl (C=O) groups excluding carboxylic acids is 2. The Morgan fingerprint density at radius 3 is 2.96 bits per heavy atom. The number of likely N-dealkylation sites (tertiary alicyclic amines) is 1. The van der Waals surface area contributed by atoms with E-state index in [1.165, 1.54) is 0 Å². The van der Waals surface area contributed by atoms with Crippen molar-refractivity contribution >= 4 is 17.5 Å². The van der Waals surface area contributed by atoms with E-state index < -0.39 is 10.8 Å². The first kappa shape index (κ1) is 14.1. The summed E-state index contributed by atoms with van der Waals surface area (Å²) in [7, 11) is 1.88. The fourth-order valence-electron chi connectivity index (χ4n) is 7.17. The normalized spacial score (nSPS) is 48.2. The maximum absolute atomic E-state index is 13.4. The zero-order valence-corrected chi connectivity index (χ0v) is 14.1. The van der Waals surface area contributed by atoms with Crippen molar-refractivity contribution in [2.75, 3.05) is 19.0 Å². The van der Waals surface area contributed by atoms with Gasteiger partial charge in [-0.2, -0.15) is 0 Å². The molecule has 0 radical (unpaired) electrons. The van der Waals surface area contributed by atoms with E-state index in [0.717, 1.165) is 17.7 Å². The van der Waals surface area contributed by atoms with Crippen LogP contribution in [0.4, 0.5) is 5.69 Å². The molecule has 3 heterocycles. The van der Waals surface area contributed by atoms with Crippen LogP contribution in [0.2, 0.25) is 0 Å². The number of hydrogen-bond acceptors (Lipinski definition) is 3. The van der Waals surface area contributed by atoms with Crippen LogP contribution >= 0.6 is 0 Å².